The first kappa shape index (κ1) is 18.2. The Labute approximate surface area is 133 Å². The third-order valence-electron chi connectivity index (χ3n) is 4.97. The molecule has 0 aromatic heterocycles. The smallest absolute Gasteiger partial charge is 0.227 e. The molecule has 2 fully saturated rings. The Morgan fingerprint density at radius 1 is 1.19 bits per heavy atom. The van der Waals surface area contributed by atoms with Gasteiger partial charge < -0.3 is 16.4 Å². The molecule has 4 N–H and O–H groups in total. The fourth-order valence-electron chi connectivity index (χ4n) is 3.63. The quantitative estimate of drug-likeness (QED) is 0.825. The second-order valence-electron chi connectivity index (χ2n) is 6.74. The molecule has 1 saturated carbocycles. The second-order valence-corrected chi connectivity index (χ2v) is 6.74. The van der Waals surface area contributed by atoms with Crippen molar-refractivity contribution in [2.45, 2.75) is 57.4 Å². The molecule has 1 saturated heterocycles. The van der Waals surface area contributed by atoms with Crippen LogP contribution in [0.4, 0.5) is 0 Å². The molecule has 0 aromatic carbocycles. The topological polar surface area (TPSA) is 89.4 Å². The lowest BCUT2D eigenvalue weighted by atomic mass is 9.73. The first-order valence-electron chi connectivity index (χ1n) is 7.76. The van der Waals surface area contributed by atoms with E-state index < -0.39 is 0 Å². The van der Waals surface area contributed by atoms with E-state index in [1.54, 1.807) is 0 Å². The van der Waals surface area contributed by atoms with Gasteiger partial charge in [-0.2, -0.15) is 0 Å². The van der Waals surface area contributed by atoms with Crippen molar-refractivity contribution >= 4 is 24.2 Å². The van der Waals surface area contributed by atoms with Crippen molar-refractivity contribution in [3.05, 3.63) is 0 Å². The van der Waals surface area contributed by atoms with Gasteiger partial charge in [0, 0.05) is 25.0 Å². The Morgan fingerprint density at radius 2 is 1.81 bits per heavy atom. The van der Waals surface area contributed by atoms with E-state index >= 15 is 0 Å². The van der Waals surface area contributed by atoms with Crippen LogP contribution in [-0.4, -0.2) is 35.3 Å². The van der Waals surface area contributed by atoms with Gasteiger partial charge in [-0.3, -0.25) is 9.59 Å². The first-order chi connectivity index (χ1) is 9.40. The number of primary amides is 1. The molecule has 2 amide bonds. The average molecular weight is 318 g/mol. The van der Waals surface area contributed by atoms with Gasteiger partial charge in [0.15, 0.2) is 0 Å². The summed E-state index contributed by atoms with van der Waals surface area (Å²) in [6.45, 7) is 3.49. The van der Waals surface area contributed by atoms with Crippen molar-refractivity contribution < 1.29 is 9.59 Å². The predicted molar refractivity (Wildman–Crippen MR) is 84.9 cm³/mol. The number of carbonyl (C=O) groups excluding carboxylic acids is 2. The van der Waals surface area contributed by atoms with E-state index in [0.717, 1.165) is 51.6 Å². The number of amides is 2. The number of halogens is 1. The summed E-state index contributed by atoms with van der Waals surface area (Å²) in [4.78, 5) is 25.5. The fraction of sp³-hybridized carbons (Fsp3) is 0.867. The van der Waals surface area contributed by atoms with Crippen molar-refractivity contribution in [3.8, 4) is 0 Å². The van der Waals surface area contributed by atoms with E-state index in [0.29, 0.717) is 12.3 Å². The number of piperidine rings is 1. The predicted octanol–water partition coefficient (Wildman–Crippen LogP) is 1.43. The minimum atomic E-state index is -0.362. The zero-order valence-corrected chi connectivity index (χ0v) is 13.7. The number of rotatable bonds is 3. The number of carbonyl (C=O) groups is 2. The zero-order valence-electron chi connectivity index (χ0n) is 12.8. The van der Waals surface area contributed by atoms with Gasteiger partial charge in [-0.25, -0.2) is 0 Å². The molecule has 5 nitrogen and oxygen atoms in total. The Morgan fingerprint density at radius 3 is 2.33 bits per heavy atom. The summed E-state index contributed by atoms with van der Waals surface area (Å²) in [7, 11) is 0. The van der Waals surface area contributed by atoms with Gasteiger partial charge in [0.05, 0.1) is 5.92 Å². The maximum Gasteiger partial charge on any atom is 0.227 e. The van der Waals surface area contributed by atoms with E-state index in [1.165, 1.54) is 0 Å². The minimum Gasteiger partial charge on any atom is -0.370 e. The summed E-state index contributed by atoms with van der Waals surface area (Å²) in [6, 6.07) is 0. The minimum absolute atomic E-state index is 0. The summed E-state index contributed by atoms with van der Waals surface area (Å²) < 4.78 is 0. The van der Waals surface area contributed by atoms with Crippen molar-refractivity contribution in [3.63, 3.8) is 0 Å². The molecule has 1 aliphatic heterocycles. The van der Waals surface area contributed by atoms with Gasteiger partial charge in [-0.15, -0.1) is 12.4 Å². The summed E-state index contributed by atoms with van der Waals surface area (Å²) in [6.07, 6.45) is 6.26. The third kappa shape index (κ3) is 4.58. The summed E-state index contributed by atoms with van der Waals surface area (Å²) in [5.74, 6) is 0.278. The third-order valence-corrected chi connectivity index (χ3v) is 4.97. The van der Waals surface area contributed by atoms with Crippen LogP contribution >= 0.6 is 12.4 Å². The Hall–Kier alpha value is -0.810. The second kappa shape index (κ2) is 7.45. The first-order valence-corrected chi connectivity index (χ1v) is 7.76. The number of likely N-dealkylation sites (tertiary alicyclic amines) is 1. The van der Waals surface area contributed by atoms with Gasteiger partial charge in [0.1, 0.15) is 0 Å². The molecule has 21 heavy (non-hydrogen) atoms. The van der Waals surface area contributed by atoms with Crippen LogP contribution in [0.5, 0.6) is 0 Å². The summed E-state index contributed by atoms with van der Waals surface area (Å²) in [5.41, 5.74) is 11.2. The lowest BCUT2D eigenvalue weighted by Gasteiger charge is -2.41. The monoisotopic (exact) mass is 317 g/mol. The van der Waals surface area contributed by atoms with Crippen molar-refractivity contribution in [2.24, 2.45) is 23.3 Å². The van der Waals surface area contributed by atoms with Gasteiger partial charge in [0.2, 0.25) is 11.8 Å². The van der Waals surface area contributed by atoms with Gasteiger partial charge in [0.25, 0.3) is 0 Å². The average Bonchev–Trinajstić information content (AvgIpc) is 2.37. The van der Waals surface area contributed by atoms with Gasteiger partial charge in [-0.1, -0.05) is 12.8 Å². The van der Waals surface area contributed by atoms with Crippen molar-refractivity contribution in [2.75, 3.05) is 13.1 Å². The summed E-state index contributed by atoms with van der Waals surface area (Å²) in [5, 5.41) is 0. The van der Waals surface area contributed by atoms with Crippen LogP contribution < -0.4 is 11.5 Å². The Kier molecular flexibility index (Phi) is 6.47. The lowest BCUT2D eigenvalue weighted by Crippen LogP contribution is -2.54. The van der Waals surface area contributed by atoms with Crippen molar-refractivity contribution in [1.82, 2.24) is 4.90 Å². The highest BCUT2D eigenvalue weighted by atomic mass is 35.5. The number of nitrogens with zero attached hydrogens (tertiary/aromatic N) is 1. The highest BCUT2D eigenvalue weighted by Crippen LogP contribution is 2.34. The molecular weight excluding hydrogens is 290 g/mol. The highest BCUT2D eigenvalue weighted by molar-refractivity contribution is 5.85. The van der Waals surface area contributed by atoms with E-state index in [-0.39, 0.29) is 35.7 Å². The molecular formula is C15H28ClN3O2. The van der Waals surface area contributed by atoms with Gasteiger partial charge >= 0.3 is 0 Å². The molecule has 2 atom stereocenters. The molecule has 1 aliphatic carbocycles. The maximum atomic E-state index is 12.7. The molecule has 2 unspecified atom stereocenters. The van der Waals surface area contributed by atoms with Crippen LogP contribution in [0, 0.1) is 11.8 Å². The van der Waals surface area contributed by atoms with Crippen LogP contribution in [0.2, 0.25) is 0 Å². The Bertz CT molecular complexity index is 379. The fourth-order valence-corrected chi connectivity index (χ4v) is 3.63. The normalized spacial score (nSPS) is 30.6. The van der Waals surface area contributed by atoms with E-state index in [1.807, 2.05) is 11.8 Å². The number of hydrogen-bond donors (Lipinski definition) is 2. The van der Waals surface area contributed by atoms with Crippen LogP contribution in [-0.2, 0) is 9.59 Å². The maximum absolute atomic E-state index is 12.7. The van der Waals surface area contributed by atoms with Crippen molar-refractivity contribution in [1.29, 1.82) is 0 Å². The molecule has 2 aliphatic rings. The van der Waals surface area contributed by atoms with E-state index in [4.69, 9.17) is 11.5 Å². The van der Waals surface area contributed by atoms with Crippen LogP contribution in [0.25, 0.3) is 0 Å². The molecule has 0 aromatic rings. The van der Waals surface area contributed by atoms with E-state index in [2.05, 4.69) is 0 Å². The van der Waals surface area contributed by atoms with Crippen LogP contribution in [0.1, 0.15) is 51.9 Å². The molecule has 6 heteroatoms. The highest BCUT2D eigenvalue weighted by Gasteiger charge is 2.40. The van der Waals surface area contributed by atoms with Crippen LogP contribution in [0.15, 0.2) is 0 Å². The Balaban J connectivity index is 0.00000220. The largest absolute Gasteiger partial charge is 0.370 e. The number of hydrogen-bond acceptors (Lipinski definition) is 3. The van der Waals surface area contributed by atoms with Crippen LogP contribution in [0.3, 0.4) is 0 Å². The lowest BCUT2D eigenvalue weighted by molar-refractivity contribution is -0.140. The van der Waals surface area contributed by atoms with Gasteiger partial charge in [-0.05, 0) is 38.5 Å². The number of nitrogens with two attached hydrogens (primary N) is 2. The molecule has 1 heterocycles. The summed E-state index contributed by atoms with van der Waals surface area (Å²) >= 11 is 0. The van der Waals surface area contributed by atoms with E-state index in [9.17, 15) is 9.59 Å². The SMILES string of the molecule is CC1(N)CCCCC1C(=O)N1CCC(CC(N)=O)CC1.Cl. The molecule has 122 valence electrons. The zero-order chi connectivity index (χ0) is 14.8. The molecule has 0 bridgehead atoms. The molecule has 2 rings (SSSR count). The molecule has 0 spiro atoms. The standard InChI is InChI=1S/C15H27N3O2.ClH/c1-15(17)7-3-2-4-12(15)14(20)18-8-5-11(6-9-18)10-13(16)19;/h11-12H,2-10,17H2,1H3,(H2,16,19);1H. The molecule has 0 radical (unpaired) electrons.